The molecule has 1 N–H and O–H groups in total. The van der Waals surface area contributed by atoms with Crippen molar-refractivity contribution in [2.24, 2.45) is 0 Å². The molecule has 25 heavy (non-hydrogen) atoms. The summed E-state index contributed by atoms with van der Waals surface area (Å²) in [6, 6.07) is 14.3. The van der Waals surface area contributed by atoms with Gasteiger partial charge >= 0.3 is 0 Å². The van der Waals surface area contributed by atoms with Gasteiger partial charge < -0.3 is 5.32 Å². The monoisotopic (exact) mass is 351 g/mol. The predicted molar refractivity (Wildman–Crippen MR) is 101 cm³/mol. The highest BCUT2D eigenvalue weighted by atomic mass is 32.2. The molecular formula is C19H21N5S. The SMILES string of the molecule is Cc1cc(Sc2nc(C)cc(C)n2)nc(NCCc2ccccc2)n1. The highest BCUT2D eigenvalue weighted by Gasteiger charge is 2.07. The molecule has 0 unspecified atom stereocenters. The zero-order valence-electron chi connectivity index (χ0n) is 14.7. The molecule has 3 aromatic rings. The van der Waals surface area contributed by atoms with E-state index in [0.717, 1.165) is 35.1 Å². The van der Waals surface area contributed by atoms with Gasteiger partial charge in [-0.25, -0.2) is 19.9 Å². The van der Waals surface area contributed by atoms with Crippen LogP contribution in [0, 0.1) is 20.8 Å². The second-order valence-electron chi connectivity index (χ2n) is 5.87. The lowest BCUT2D eigenvalue weighted by molar-refractivity contribution is 0.894. The van der Waals surface area contributed by atoms with Gasteiger partial charge in [0.15, 0.2) is 5.16 Å². The number of benzene rings is 1. The topological polar surface area (TPSA) is 63.6 Å². The van der Waals surface area contributed by atoms with E-state index in [2.05, 4.69) is 49.5 Å². The van der Waals surface area contributed by atoms with E-state index in [9.17, 15) is 0 Å². The van der Waals surface area contributed by atoms with Crippen LogP contribution in [0.15, 0.2) is 52.6 Å². The second kappa shape index (κ2) is 8.07. The van der Waals surface area contributed by atoms with Crippen LogP contribution < -0.4 is 5.32 Å². The fourth-order valence-electron chi connectivity index (χ4n) is 2.47. The molecule has 0 atom stereocenters. The Labute approximate surface area is 152 Å². The Bertz CT molecular complexity index is 831. The third-order valence-electron chi connectivity index (χ3n) is 3.53. The molecule has 0 bridgehead atoms. The molecule has 0 aliphatic carbocycles. The van der Waals surface area contributed by atoms with E-state index in [0.29, 0.717) is 11.1 Å². The highest BCUT2D eigenvalue weighted by molar-refractivity contribution is 7.99. The number of aromatic nitrogens is 4. The molecular weight excluding hydrogens is 330 g/mol. The van der Waals surface area contributed by atoms with Crippen LogP contribution in [0.1, 0.15) is 22.6 Å². The second-order valence-corrected chi connectivity index (χ2v) is 6.86. The average molecular weight is 351 g/mol. The third kappa shape index (κ3) is 5.26. The Morgan fingerprint density at radius 1 is 0.840 bits per heavy atom. The smallest absolute Gasteiger partial charge is 0.223 e. The van der Waals surface area contributed by atoms with E-state index < -0.39 is 0 Å². The Balaban J connectivity index is 1.67. The first kappa shape index (κ1) is 17.4. The quantitative estimate of drug-likeness (QED) is 0.535. The molecule has 0 amide bonds. The number of nitrogens with zero attached hydrogens (tertiary/aromatic N) is 4. The van der Waals surface area contributed by atoms with Crippen molar-refractivity contribution in [2.45, 2.75) is 37.4 Å². The van der Waals surface area contributed by atoms with Crippen LogP contribution in [0.5, 0.6) is 0 Å². The normalized spacial score (nSPS) is 10.7. The fraction of sp³-hybridized carbons (Fsp3) is 0.263. The van der Waals surface area contributed by atoms with Gasteiger partial charge in [-0.3, -0.25) is 0 Å². The van der Waals surface area contributed by atoms with E-state index in [1.54, 1.807) is 0 Å². The molecule has 2 aromatic heterocycles. The Morgan fingerprint density at radius 3 is 2.24 bits per heavy atom. The van der Waals surface area contributed by atoms with E-state index in [4.69, 9.17) is 0 Å². The summed E-state index contributed by atoms with van der Waals surface area (Å²) in [6.07, 6.45) is 0.931. The maximum atomic E-state index is 4.58. The van der Waals surface area contributed by atoms with Crippen molar-refractivity contribution in [3.8, 4) is 0 Å². The van der Waals surface area contributed by atoms with Crippen LogP contribution in [-0.2, 0) is 6.42 Å². The molecule has 0 spiro atoms. The summed E-state index contributed by atoms with van der Waals surface area (Å²) < 4.78 is 0. The van der Waals surface area contributed by atoms with Gasteiger partial charge in [-0.2, -0.15) is 0 Å². The largest absolute Gasteiger partial charge is 0.354 e. The minimum absolute atomic E-state index is 0.641. The lowest BCUT2D eigenvalue weighted by Gasteiger charge is -2.08. The van der Waals surface area contributed by atoms with E-state index in [1.165, 1.54) is 17.3 Å². The number of hydrogen-bond acceptors (Lipinski definition) is 6. The summed E-state index contributed by atoms with van der Waals surface area (Å²) in [5.41, 5.74) is 4.13. The highest BCUT2D eigenvalue weighted by Crippen LogP contribution is 2.24. The molecule has 6 heteroatoms. The lowest BCUT2D eigenvalue weighted by atomic mass is 10.1. The molecule has 0 radical (unpaired) electrons. The van der Waals surface area contributed by atoms with Crippen LogP contribution in [0.2, 0.25) is 0 Å². The van der Waals surface area contributed by atoms with Crippen molar-refractivity contribution in [2.75, 3.05) is 11.9 Å². The predicted octanol–water partition coefficient (Wildman–Crippen LogP) is 4.00. The summed E-state index contributed by atoms with van der Waals surface area (Å²) in [5, 5.41) is 4.87. The molecule has 0 aliphatic rings. The van der Waals surface area contributed by atoms with Crippen molar-refractivity contribution in [1.29, 1.82) is 0 Å². The summed E-state index contributed by atoms with van der Waals surface area (Å²) in [6.45, 7) is 6.70. The molecule has 0 aliphatic heterocycles. The zero-order valence-corrected chi connectivity index (χ0v) is 15.5. The first-order chi connectivity index (χ1) is 12.1. The number of aryl methyl sites for hydroxylation is 3. The van der Waals surface area contributed by atoms with Gasteiger partial charge in [-0.05, 0) is 56.7 Å². The van der Waals surface area contributed by atoms with Crippen LogP contribution in [0.4, 0.5) is 5.95 Å². The Hall–Kier alpha value is -2.47. The van der Waals surface area contributed by atoms with Crippen molar-refractivity contribution in [3.05, 3.63) is 65.1 Å². The maximum absolute atomic E-state index is 4.58. The number of nitrogens with one attached hydrogen (secondary N) is 1. The minimum atomic E-state index is 0.641. The Morgan fingerprint density at radius 2 is 1.52 bits per heavy atom. The van der Waals surface area contributed by atoms with E-state index in [1.807, 2.05) is 39.0 Å². The summed E-state index contributed by atoms with van der Waals surface area (Å²) in [7, 11) is 0. The van der Waals surface area contributed by atoms with E-state index >= 15 is 0 Å². The maximum Gasteiger partial charge on any atom is 0.223 e. The fourth-order valence-corrected chi connectivity index (χ4v) is 3.40. The van der Waals surface area contributed by atoms with Crippen molar-refractivity contribution in [3.63, 3.8) is 0 Å². The van der Waals surface area contributed by atoms with Crippen LogP contribution >= 0.6 is 11.8 Å². The van der Waals surface area contributed by atoms with Gasteiger partial charge in [-0.1, -0.05) is 30.3 Å². The van der Waals surface area contributed by atoms with Gasteiger partial charge in [0.25, 0.3) is 0 Å². The first-order valence-electron chi connectivity index (χ1n) is 8.22. The molecule has 2 heterocycles. The van der Waals surface area contributed by atoms with Gasteiger partial charge in [0, 0.05) is 23.6 Å². The van der Waals surface area contributed by atoms with Crippen molar-refractivity contribution >= 4 is 17.7 Å². The number of anilines is 1. The summed E-state index contributed by atoms with van der Waals surface area (Å²) in [5.74, 6) is 0.641. The van der Waals surface area contributed by atoms with Gasteiger partial charge in [0.2, 0.25) is 5.95 Å². The number of rotatable bonds is 6. The van der Waals surface area contributed by atoms with Crippen molar-refractivity contribution < 1.29 is 0 Å². The van der Waals surface area contributed by atoms with Crippen LogP contribution in [0.3, 0.4) is 0 Å². The molecule has 5 nitrogen and oxygen atoms in total. The number of hydrogen-bond donors (Lipinski definition) is 1. The molecule has 0 saturated heterocycles. The van der Waals surface area contributed by atoms with E-state index in [-0.39, 0.29) is 0 Å². The van der Waals surface area contributed by atoms with Gasteiger partial charge in [0.1, 0.15) is 5.03 Å². The van der Waals surface area contributed by atoms with Crippen LogP contribution in [0.25, 0.3) is 0 Å². The summed E-state index contributed by atoms with van der Waals surface area (Å²) >= 11 is 1.46. The minimum Gasteiger partial charge on any atom is -0.354 e. The zero-order chi connectivity index (χ0) is 17.6. The lowest BCUT2D eigenvalue weighted by Crippen LogP contribution is -2.09. The molecule has 0 fully saturated rings. The van der Waals surface area contributed by atoms with Crippen molar-refractivity contribution in [1.82, 2.24) is 19.9 Å². The molecule has 0 saturated carbocycles. The average Bonchev–Trinajstić information content (AvgIpc) is 2.54. The Kier molecular flexibility index (Phi) is 5.60. The van der Waals surface area contributed by atoms with Gasteiger partial charge in [-0.15, -0.1) is 0 Å². The molecule has 1 aromatic carbocycles. The van der Waals surface area contributed by atoms with Crippen LogP contribution in [-0.4, -0.2) is 26.5 Å². The molecule has 128 valence electrons. The third-order valence-corrected chi connectivity index (χ3v) is 4.31. The standard InChI is InChI=1S/C19H21N5S/c1-13-11-14(2)23-19(22-13)25-17-12-15(3)21-18(24-17)20-10-9-16-7-5-4-6-8-16/h4-8,11-12H,9-10H2,1-3H3,(H,20,21,24). The molecule has 3 rings (SSSR count). The summed E-state index contributed by atoms with van der Waals surface area (Å²) in [4.78, 5) is 18.0. The first-order valence-corrected chi connectivity index (χ1v) is 9.04. The van der Waals surface area contributed by atoms with Gasteiger partial charge in [0.05, 0.1) is 0 Å².